The Kier molecular flexibility index (Phi) is 6.76. The average Bonchev–Trinajstić information content (AvgIpc) is 3.14. The van der Waals surface area contributed by atoms with Gasteiger partial charge >= 0.3 is 0 Å². The van der Waals surface area contributed by atoms with Crippen molar-refractivity contribution < 1.29 is 14.3 Å². The van der Waals surface area contributed by atoms with Crippen molar-refractivity contribution in [1.29, 1.82) is 0 Å². The Bertz CT molecular complexity index is 1120. The zero-order valence-corrected chi connectivity index (χ0v) is 20.4. The van der Waals surface area contributed by atoms with Crippen molar-refractivity contribution in [2.45, 2.75) is 49.1 Å². The molecule has 1 atom stereocenters. The van der Waals surface area contributed by atoms with Crippen LogP contribution in [0, 0.1) is 0 Å². The number of anilines is 1. The number of hydrogen-bond acceptors (Lipinski definition) is 8. The number of carbonyl (C=O) groups excluding carboxylic acids is 1. The highest BCUT2D eigenvalue weighted by molar-refractivity contribution is 8.00. The van der Waals surface area contributed by atoms with Crippen molar-refractivity contribution in [3.05, 3.63) is 34.7 Å². The molecule has 1 amide bonds. The number of benzene rings is 1. The van der Waals surface area contributed by atoms with E-state index in [1.165, 1.54) is 34.0 Å². The summed E-state index contributed by atoms with van der Waals surface area (Å²) >= 11 is 4.65. The van der Waals surface area contributed by atoms with Crippen LogP contribution >= 0.6 is 34.9 Å². The van der Waals surface area contributed by atoms with Gasteiger partial charge in [0.2, 0.25) is 5.91 Å². The quantitative estimate of drug-likeness (QED) is 0.279. The lowest BCUT2D eigenvalue weighted by Crippen LogP contribution is -2.33. The number of nitrogens with one attached hydrogen (secondary N) is 1. The van der Waals surface area contributed by atoms with E-state index < -0.39 is 0 Å². The second kappa shape index (κ2) is 9.36. The van der Waals surface area contributed by atoms with Crippen molar-refractivity contribution in [2.24, 2.45) is 0 Å². The van der Waals surface area contributed by atoms with Crippen molar-refractivity contribution in [3.8, 4) is 5.75 Å². The summed E-state index contributed by atoms with van der Waals surface area (Å²) in [7, 11) is 1.61. The molecule has 0 saturated carbocycles. The molecule has 1 aromatic carbocycles. The number of rotatable bonds is 7. The fraction of sp³-hybridized carbons (Fsp3) is 0.409. The first-order valence-corrected chi connectivity index (χ1v) is 13.0. The zero-order valence-electron chi connectivity index (χ0n) is 18.0. The molecule has 6 nitrogen and oxygen atoms in total. The van der Waals surface area contributed by atoms with Crippen LogP contribution in [0.25, 0.3) is 10.2 Å². The Hall–Kier alpha value is -1.81. The number of fused-ring (bicyclic) bond motifs is 3. The fourth-order valence-electron chi connectivity index (χ4n) is 3.47. The van der Waals surface area contributed by atoms with Crippen molar-refractivity contribution >= 4 is 56.7 Å². The largest absolute Gasteiger partial charge is 0.497 e. The van der Waals surface area contributed by atoms with Crippen LogP contribution in [-0.4, -0.2) is 40.6 Å². The van der Waals surface area contributed by atoms with E-state index >= 15 is 0 Å². The summed E-state index contributed by atoms with van der Waals surface area (Å²) in [5, 5.41) is 5.61. The summed E-state index contributed by atoms with van der Waals surface area (Å²) in [6.07, 6.45) is 3.75. The molecule has 0 spiro atoms. The second-order valence-electron chi connectivity index (χ2n) is 7.54. The number of thioether (sulfide) groups is 2. The first-order valence-electron chi connectivity index (χ1n) is 10.0. The molecule has 0 radical (unpaired) electrons. The van der Waals surface area contributed by atoms with Crippen LogP contribution in [0.15, 0.2) is 34.4 Å². The number of hydrogen-bond donors (Lipinski definition) is 1. The lowest BCUT2D eigenvalue weighted by atomic mass is 9.90. The predicted octanol–water partition coefficient (Wildman–Crippen LogP) is 5.39. The van der Waals surface area contributed by atoms with Crippen LogP contribution in [0.1, 0.15) is 30.7 Å². The number of ether oxygens (including phenoxy) is 2. The molecule has 31 heavy (non-hydrogen) atoms. The Morgan fingerprint density at radius 3 is 2.97 bits per heavy atom. The third-order valence-electron chi connectivity index (χ3n) is 5.41. The van der Waals surface area contributed by atoms with Crippen LogP contribution in [0.2, 0.25) is 0 Å². The summed E-state index contributed by atoms with van der Waals surface area (Å²) in [6, 6.07) is 7.35. The highest BCUT2D eigenvalue weighted by atomic mass is 32.2. The fourth-order valence-corrected chi connectivity index (χ4v) is 5.98. The molecule has 2 aromatic heterocycles. The number of thiophene rings is 1. The number of nitrogens with zero attached hydrogens (tertiary/aromatic N) is 2. The molecular weight excluding hydrogens is 450 g/mol. The minimum absolute atomic E-state index is 0.0819. The molecule has 9 heteroatoms. The number of amides is 1. The van der Waals surface area contributed by atoms with Crippen molar-refractivity contribution in [2.75, 3.05) is 24.4 Å². The van der Waals surface area contributed by atoms with Crippen molar-refractivity contribution in [1.82, 2.24) is 9.97 Å². The molecule has 0 bridgehead atoms. The molecule has 0 aliphatic carbocycles. The smallest absolute Gasteiger partial charge is 0.234 e. The topological polar surface area (TPSA) is 73.3 Å². The molecular formula is C22H25N3O3S3. The second-order valence-corrected chi connectivity index (χ2v) is 10.4. The Balaban J connectivity index is 1.59. The molecule has 0 fully saturated rings. The molecule has 3 heterocycles. The number of methoxy groups -OCH3 is 1. The monoisotopic (exact) mass is 475 g/mol. The van der Waals surface area contributed by atoms with Crippen LogP contribution in [0.4, 0.5) is 5.69 Å². The van der Waals surface area contributed by atoms with Gasteiger partial charge in [0.1, 0.15) is 15.6 Å². The minimum Gasteiger partial charge on any atom is -0.497 e. The Morgan fingerprint density at radius 1 is 1.39 bits per heavy atom. The van der Waals surface area contributed by atoms with Gasteiger partial charge in [-0.2, -0.15) is 0 Å². The maximum absolute atomic E-state index is 12.6. The number of aromatic nitrogens is 2. The van der Waals surface area contributed by atoms with Gasteiger partial charge < -0.3 is 14.8 Å². The SMILES string of the molecule is CC[C@]1(C)Cc2c(sc3nc(SC)nc(SCC(=O)Nc4cccc(OC)c4)c23)CO1. The van der Waals surface area contributed by atoms with Gasteiger partial charge in [-0.15, -0.1) is 11.3 Å². The maximum Gasteiger partial charge on any atom is 0.234 e. The summed E-state index contributed by atoms with van der Waals surface area (Å²) in [5.74, 6) is 0.892. The van der Waals surface area contributed by atoms with Gasteiger partial charge in [0.25, 0.3) is 0 Å². The molecule has 1 aliphatic heterocycles. The van der Waals surface area contributed by atoms with Gasteiger partial charge in [-0.3, -0.25) is 4.79 Å². The molecule has 4 rings (SSSR count). The average molecular weight is 476 g/mol. The number of carbonyl (C=O) groups is 1. The first-order chi connectivity index (χ1) is 14.9. The van der Waals surface area contributed by atoms with E-state index in [4.69, 9.17) is 19.4 Å². The van der Waals surface area contributed by atoms with Crippen molar-refractivity contribution in [3.63, 3.8) is 0 Å². The molecule has 1 N–H and O–H groups in total. The van der Waals surface area contributed by atoms with Gasteiger partial charge in [0, 0.05) is 28.4 Å². The zero-order chi connectivity index (χ0) is 22.0. The molecule has 0 saturated heterocycles. The van der Waals surface area contributed by atoms with E-state index in [1.807, 2.05) is 24.5 Å². The lowest BCUT2D eigenvalue weighted by Gasteiger charge is -2.33. The molecule has 1 aliphatic rings. The predicted molar refractivity (Wildman–Crippen MR) is 129 cm³/mol. The molecule has 0 unspecified atom stereocenters. The minimum atomic E-state index is -0.176. The molecule has 3 aromatic rings. The van der Waals surface area contributed by atoms with Gasteiger partial charge in [0.05, 0.1) is 25.1 Å². The highest BCUT2D eigenvalue weighted by Gasteiger charge is 2.33. The summed E-state index contributed by atoms with van der Waals surface area (Å²) in [4.78, 5) is 24.3. The van der Waals surface area contributed by atoms with Crippen LogP contribution in [0.3, 0.4) is 0 Å². The third kappa shape index (κ3) is 4.84. The van der Waals surface area contributed by atoms with E-state index in [0.717, 1.165) is 33.2 Å². The van der Waals surface area contributed by atoms with Gasteiger partial charge in [-0.1, -0.05) is 36.5 Å². The Morgan fingerprint density at radius 2 is 2.23 bits per heavy atom. The first kappa shape index (κ1) is 22.4. The Labute approximate surface area is 194 Å². The summed E-state index contributed by atoms with van der Waals surface area (Å²) in [6.45, 7) is 4.92. The van der Waals surface area contributed by atoms with E-state index in [1.54, 1.807) is 24.5 Å². The van der Waals surface area contributed by atoms with E-state index in [-0.39, 0.29) is 17.3 Å². The highest BCUT2D eigenvalue weighted by Crippen LogP contribution is 2.43. The standard InChI is InChI=1S/C22H25N3O3S3/c1-5-22(2)10-15-16(11-28-22)31-20-18(15)19(24-21(25-20)29-4)30-12-17(26)23-13-7-6-8-14(9-13)27-3/h6-9H,5,10-12H2,1-4H3,(H,23,26)/t22-/m1/s1. The van der Waals surface area contributed by atoms with Gasteiger partial charge in [-0.05, 0) is 37.3 Å². The van der Waals surface area contributed by atoms with Gasteiger partial charge in [-0.25, -0.2) is 9.97 Å². The molecule has 164 valence electrons. The lowest BCUT2D eigenvalue weighted by molar-refractivity contribution is -0.113. The third-order valence-corrected chi connectivity index (χ3v) is 8.03. The van der Waals surface area contributed by atoms with Crippen LogP contribution < -0.4 is 10.1 Å². The van der Waals surface area contributed by atoms with E-state index in [9.17, 15) is 4.79 Å². The van der Waals surface area contributed by atoms with Crippen LogP contribution in [0.5, 0.6) is 5.75 Å². The maximum atomic E-state index is 12.6. The van der Waals surface area contributed by atoms with Crippen LogP contribution in [-0.2, 0) is 22.6 Å². The summed E-state index contributed by atoms with van der Waals surface area (Å²) in [5.41, 5.74) is 1.82. The summed E-state index contributed by atoms with van der Waals surface area (Å²) < 4.78 is 11.4. The van der Waals surface area contributed by atoms with E-state index in [0.29, 0.717) is 18.0 Å². The normalized spacial score (nSPS) is 18.1. The van der Waals surface area contributed by atoms with E-state index in [2.05, 4.69) is 19.2 Å². The van der Waals surface area contributed by atoms with Gasteiger partial charge in [0.15, 0.2) is 5.16 Å².